The standard InChI is InChI=1S/C10H16O3/c1-3-5-12-7-9-6-8(4-2)10(11)13-9/h3,8-9H,1,4-7H2,2H3. The van der Waals surface area contributed by atoms with Crippen LogP contribution in [0, 0.1) is 5.92 Å². The highest BCUT2D eigenvalue weighted by Gasteiger charge is 2.32. The van der Waals surface area contributed by atoms with E-state index in [4.69, 9.17) is 9.47 Å². The van der Waals surface area contributed by atoms with Crippen LogP contribution in [0.25, 0.3) is 0 Å². The zero-order chi connectivity index (χ0) is 9.68. The molecule has 1 heterocycles. The van der Waals surface area contributed by atoms with Crippen LogP contribution in [0.1, 0.15) is 19.8 Å². The second kappa shape index (κ2) is 5.02. The largest absolute Gasteiger partial charge is 0.460 e. The summed E-state index contributed by atoms with van der Waals surface area (Å²) in [6.07, 6.45) is 3.30. The number of carbonyl (C=O) groups is 1. The van der Waals surface area contributed by atoms with Crippen molar-refractivity contribution in [2.45, 2.75) is 25.9 Å². The lowest BCUT2D eigenvalue weighted by atomic mass is 10.0. The van der Waals surface area contributed by atoms with Crippen LogP contribution in [0.5, 0.6) is 0 Å². The van der Waals surface area contributed by atoms with Crippen LogP contribution in [0.15, 0.2) is 12.7 Å². The Balaban J connectivity index is 2.23. The van der Waals surface area contributed by atoms with Gasteiger partial charge in [0.25, 0.3) is 0 Å². The topological polar surface area (TPSA) is 35.5 Å². The molecule has 1 rings (SSSR count). The fourth-order valence-electron chi connectivity index (χ4n) is 1.44. The minimum Gasteiger partial charge on any atom is -0.460 e. The smallest absolute Gasteiger partial charge is 0.309 e. The molecule has 0 spiro atoms. The van der Waals surface area contributed by atoms with Gasteiger partial charge in [-0.1, -0.05) is 13.0 Å². The average Bonchev–Trinajstić information content (AvgIpc) is 2.47. The Kier molecular flexibility index (Phi) is 3.96. The van der Waals surface area contributed by atoms with Crippen molar-refractivity contribution in [2.75, 3.05) is 13.2 Å². The summed E-state index contributed by atoms with van der Waals surface area (Å²) >= 11 is 0. The van der Waals surface area contributed by atoms with Gasteiger partial charge < -0.3 is 9.47 Å². The van der Waals surface area contributed by atoms with E-state index in [1.54, 1.807) is 6.08 Å². The van der Waals surface area contributed by atoms with Gasteiger partial charge in [-0.2, -0.15) is 0 Å². The molecule has 3 heteroatoms. The molecule has 0 aliphatic carbocycles. The predicted octanol–water partition coefficient (Wildman–Crippen LogP) is 1.53. The highest BCUT2D eigenvalue weighted by molar-refractivity contribution is 5.74. The first-order valence-corrected chi connectivity index (χ1v) is 4.67. The molecule has 0 amide bonds. The summed E-state index contributed by atoms with van der Waals surface area (Å²) in [7, 11) is 0. The van der Waals surface area contributed by atoms with Crippen LogP contribution in [-0.2, 0) is 14.3 Å². The lowest BCUT2D eigenvalue weighted by molar-refractivity contribution is -0.146. The predicted molar refractivity (Wildman–Crippen MR) is 49.3 cm³/mol. The van der Waals surface area contributed by atoms with Crippen LogP contribution < -0.4 is 0 Å². The van der Waals surface area contributed by atoms with Crippen molar-refractivity contribution >= 4 is 5.97 Å². The number of ether oxygens (including phenoxy) is 2. The normalized spacial score (nSPS) is 27.3. The highest BCUT2D eigenvalue weighted by atomic mass is 16.6. The van der Waals surface area contributed by atoms with E-state index in [1.807, 2.05) is 6.92 Å². The van der Waals surface area contributed by atoms with Crippen molar-refractivity contribution in [1.82, 2.24) is 0 Å². The molecule has 1 aliphatic heterocycles. The summed E-state index contributed by atoms with van der Waals surface area (Å²) in [4.78, 5) is 11.2. The number of rotatable bonds is 5. The first kappa shape index (κ1) is 10.3. The Morgan fingerprint density at radius 2 is 2.54 bits per heavy atom. The summed E-state index contributed by atoms with van der Waals surface area (Å²) in [5, 5.41) is 0. The molecule has 2 atom stereocenters. The molecule has 13 heavy (non-hydrogen) atoms. The fourth-order valence-corrected chi connectivity index (χ4v) is 1.44. The minimum atomic E-state index is -0.0743. The van der Waals surface area contributed by atoms with Gasteiger partial charge in [-0.05, 0) is 12.8 Å². The Labute approximate surface area is 78.7 Å². The van der Waals surface area contributed by atoms with E-state index in [2.05, 4.69) is 6.58 Å². The van der Waals surface area contributed by atoms with Gasteiger partial charge in [0.15, 0.2) is 0 Å². The maximum Gasteiger partial charge on any atom is 0.309 e. The first-order valence-electron chi connectivity index (χ1n) is 4.67. The van der Waals surface area contributed by atoms with E-state index >= 15 is 0 Å². The molecule has 74 valence electrons. The van der Waals surface area contributed by atoms with Gasteiger partial charge in [-0.3, -0.25) is 4.79 Å². The number of carbonyl (C=O) groups excluding carboxylic acids is 1. The molecule has 2 unspecified atom stereocenters. The van der Waals surface area contributed by atoms with Gasteiger partial charge >= 0.3 is 5.97 Å². The molecule has 0 bridgehead atoms. The van der Waals surface area contributed by atoms with Crippen molar-refractivity contribution in [2.24, 2.45) is 5.92 Å². The van der Waals surface area contributed by atoms with Gasteiger partial charge in [-0.25, -0.2) is 0 Å². The van der Waals surface area contributed by atoms with E-state index in [-0.39, 0.29) is 18.0 Å². The van der Waals surface area contributed by atoms with E-state index in [0.717, 1.165) is 12.8 Å². The molecular weight excluding hydrogens is 168 g/mol. The Morgan fingerprint density at radius 3 is 3.08 bits per heavy atom. The maximum absolute atomic E-state index is 11.2. The molecule has 0 radical (unpaired) electrons. The Hall–Kier alpha value is -0.830. The molecule has 0 aromatic rings. The maximum atomic E-state index is 11.2. The van der Waals surface area contributed by atoms with E-state index in [9.17, 15) is 4.79 Å². The molecule has 0 aromatic heterocycles. The molecule has 0 N–H and O–H groups in total. The third kappa shape index (κ3) is 2.84. The van der Waals surface area contributed by atoms with Gasteiger partial charge in [0.2, 0.25) is 0 Å². The highest BCUT2D eigenvalue weighted by Crippen LogP contribution is 2.23. The first-order chi connectivity index (χ1) is 6.27. The Bertz CT molecular complexity index is 189. The number of cyclic esters (lactones) is 1. The van der Waals surface area contributed by atoms with Crippen molar-refractivity contribution in [3.05, 3.63) is 12.7 Å². The van der Waals surface area contributed by atoms with Crippen molar-refractivity contribution in [3.8, 4) is 0 Å². The third-order valence-corrected chi connectivity index (χ3v) is 2.20. The second-order valence-corrected chi connectivity index (χ2v) is 3.23. The quantitative estimate of drug-likeness (QED) is 0.369. The zero-order valence-electron chi connectivity index (χ0n) is 7.99. The van der Waals surface area contributed by atoms with Crippen LogP contribution in [0.3, 0.4) is 0 Å². The lowest BCUT2D eigenvalue weighted by Gasteiger charge is -2.07. The molecule has 1 saturated heterocycles. The van der Waals surface area contributed by atoms with Crippen LogP contribution >= 0.6 is 0 Å². The Morgan fingerprint density at radius 1 is 1.77 bits per heavy atom. The minimum absolute atomic E-state index is 0.0441. The molecular formula is C10H16O3. The zero-order valence-corrected chi connectivity index (χ0v) is 7.99. The number of hydrogen-bond acceptors (Lipinski definition) is 3. The molecule has 3 nitrogen and oxygen atoms in total. The summed E-state index contributed by atoms with van der Waals surface area (Å²) in [6.45, 7) is 6.55. The van der Waals surface area contributed by atoms with Gasteiger partial charge in [0.05, 0.1) is 19.1 Å². The van der Waals surface area contributed by atoms with E-state index in [0.29, 0.717) is 13.2 Å². The fraction of sp³-hybridized carbons (Fsp3) is 0.700. The van der Waals surface area contributed by atoms with Crippen molar-refractivity contribution < 1.29 is 14.3 Å². The van der Waals surface area contributed by atoms with Crippen molar-refractivity contribution in [1.29, 1.82) is 0 Å². The van der Waals surface area contributed by atoms with Crippen LogP contribution in [0.4, 0.5) is 0 Å². The van der Waals surface area contributed by atoms with Gasteiger partial charge in [0, 0.05) is 0 Å². The molecule has 1 aliphatic rings. The lowest BCUT2D eigenvalue weighted by Crippen LogP contribution is -2.14. The van der Waals surface area contributed by atoms with Crippen molar-refractivity contribution in [3.63, 3.8) is 0 Å². The summed E-state index contributed by atoms with van der Waals surface area (Å²) in [6, 6.07) is 0. The van der Waals surface area contributed by atoms with E-state index in [1.165, 1.54) is 0 Å². The van der Waals surface area contributed by atoms with E-state index < -0.39 is 0 Å². The number of hydrogen-bond donors (Lipinski definition) is 0. The molecule has 0 aromatic carbocycles. The molecule has 1 fully saturated rings. The van der Waals surface area contributed by atoms with Crippen LogP contribution in [0.2, 0.25) is 0 Å². The average molecular weight is 184 g/mol. The van der Waals surface area contributed by atoms with Gasteiger partial charge in [0.1, 0.15) is 6.10 Å². The second-order valence-electron chi connectivity index (χ2n) is 3.23. The number of esters is 1. The van der Waals surface area contributed by atoms with Crippen LogP contribution in [-0.4, -0.2) is 25.3 Å². The van der Waals surface area contributed by atoms with Gasteiger partial charge in [-0.15, -0.1) is 6.58 Å². The third-order valence-electron chi connectivity index (χ3n) is 2.20. The SMILES string of the molecule is C=CCOCC1CC(CC)C(=O)O1. The summed E-state index contributed by atoms with van der Waals surface area (Å²) < 4.78 is 10.3. The molecule has 0 saturated carbocycles. The monoisotopic (exact) mass is 184 g/mol. The summed E-state index contributed by atoms with van der Waals surface area (Å²) in [5.41, 5.74) is 0. The summed E-state index contributed by atoms with van der Waals surface area (Å²) in [5.74, 6) is 0.00651.